The Morgan fingerprint density at radius 1 is 1.00 bits per heavy atom. The van der Waals surface area contributed by atoms with Crippen molar-refractivity contribution in [2.75, 3.05) is 6.61 Å². The zero-order valence-corrected chi connectivity index (χ0v) is 15.4. The number of alkyl halides is 1. The van der Waals surface area contributed by atoms with Crippen molar-refractivity contribution in [1.82, 2.24) is 0 Å². The van der Waals surface area contributed by atoms with Gasteiger partial charge in [-0.15, -0.1) is 0 Å². The summed E-state index contributed by atoms with van der Waals surface area (Å²) in [6, 6.07) is 15.7. The van der Waals surface area contributed by atoms with Gasteiger partial charge in [0.1, 0.15) is 6.17 Å². The summed E-state index contributed by atoms with van der Waals surface area (Å²) in [5.41, 5.74) is 4.40. The van der Waals surface area contributed by atoms with Crippen LogP contribution in [0.2, 0.25) is 0 Å². The summed E-state index contributed by atoms with van der Waals surface area (Å²) >= 11 is 0. The quantitative estimate of drug-likeness (QED) is 0.627. The van der Waals surface area contributed by atoms with E-state index >= 15 is 0 Å². The number of halogens is 1. The van der Waals surface area contributed by atoms with E-state index in [4.69, 9.17) is 15.3 Å². The highest BCUT2D eigenvalue weighted by Gasteiger charge is 2.11. The largest absolute Gasteiger partial charge is 0.392 e. The minimum absolute atomic E-state index is 0.0855. The SMILES string of the molecule is Cc1ccc(CO)cc1.Cc1ccc(COCC(O)CC(F)C=N)cc1. The molecule has 142 valence electrons. The predicted octanol–water partition coefficient (Wildman–Crippen LogP) is 3.74. The fraction of sp³-hybridized carbons (Fsp3) is 0.381. The third-order valence-corrected chi connectivity index (χ3v) is 3.68. The molecule has 2 aromatic rings. The first-order valence-corrected chi connectivity index (χ1v) is 8.57. The summed E-state index contributed by atoms with van der Waals surface area (Å²) < 4.78 is 18.0. The molecule has 2 atom stereocenters. The van der Waals surface area contributed by atoms with Gasteiger partial charge in [-0.1, -0.05) is 59.7 Å². The molecular weight excluding hydrogens is 333 g/mol. The highest BCUT2D eigenvalue weighted by atomic mass is 19.1. The van der Waals surface area contributed by atoms with Crippen molar-refractivity contribution in [3.8, 4) is 0 Å². The number of hydrogen-bond donors (Lipinski definition) is 3. The van der Waals surface area contributed by atoms with Crippen LogP contribution in [0.25, 0.3) is 0 Å². The fourth-order valence-electron chi connectivity index (χ4n) is 2.09. The highest BCUT2D eigenvalue weighted by molar-refractivity contribution is 5.58. The Labute approximate surface area is 154 Å². The van der Waals surface area contributed by atoms with Crippen molar-refractivity contribution in [1.29, 1.82) is 5.41 Å². The average Bonchev–Trinajstić information content (AvgIpc) is 2.64. The molecule has 2 aromatic carbocycles. The van der Waals surface area contributed by atoms with Crippen molar-refractivity contribution in [3.05, 3.63) is 70.8 Å². The Balaban J connectivity index is 0.000000314. The van der Waals surface area contributed by atoms with Crippen LogP contribution < -0.4 is 0 Å². The molecule has 26 heavy (non-hydrogen) atoms. The molecule has 0 spiro atoms. The molecule has 0 fully saturated rings. The Morgan fingerprint density at radius 3 is 1.96 bits per heavy atom. The van der Waals surface area contributed by atoms with Gasteiger partial charge < -0.3 is 20.4 Å². The van der Waals surface area contributed by atoms with Crippen molar-refractivity contribution < 1.29 is 19.3 Å². The maximum atomic E-state index is 12.7. The van der Waals surface area contributed by atoms with Crippen LogP contribution in [0, 0.1) is 19.3 Å². The lowest BCUT2D eigenvalue weighted by molar-refractivity contribution is 0.0184. The summed E-state index contributed by atoms with van der Waals surface area (Å²) in [7, 11) is 0. The van der Waals surface area contributed by atoms with Crippen LogP contribution in [0.4, 0.5) is 4.39 Å². The topological polar surface area (TPSA) is 73.5 Å². The first kappa shape index (κ1) is 22.0. The molecule has 0 saturated carbocycles. The van der Waals surface area contributed by atoms with E-state index < -0.39 is 12.3 Å². The second kappa shape index (κ2) is 12.3. The van der Waals surface area contributed by atoms with Gasteiger partial charge in [0.15, 0.2) is 0 Å². The van der Waals surface area contributed by atoms with Crippen LogP contribution in [0.15, 0.2) is 48.5 Å². The number of hydrogen-bond acceptors (Lipinski definition) is 4. The van der Waals surface area contributed by atoms with Crippen LogP contribution >= 0.6 is 0 Å². The van der Waals surface area contributed by atoms with E-state index in [-0.39, 0.29) is 19.6 Å². The molecular formula is C21H28FNO3. The molecule has 0 aliphatic carbocycles. The third-order valence-electron chi connectivity index (χ3n) is 3.68. The molecule has 0 amide bonds. The number of rotatable bonds is 8. The first-order valence-electron chi connectivity index (χ1n) is 8.57. The van der Waals surface area contributed by atoms with Crippen LogP contribution in [-0.2, 0) is 18.0 Å². The van der Waals surface area contributed by atoms with E-state index in [1.165, 1.54) is 11.1 Å². The van der Waals surface area contributed by atoms with Crippen LogP contribution in [0.3, 0.4) is 0 Å². The van der Waals surface area contributed by atoms with Gasteiger partial charge in [0.25, 0.3) is 0 Å². The van der Waals surface area contributed by atoms with E-state index in [0.29, 0.717) is 12.8 Å². The Morgan fingerprint density at radius 2 is 1.50 bits per heavy atom. The molecule has 0 aliphatic rings. The minimum Gasteiger partial charge on any atom is -0.392 e. The number of benzene rings is 2. The number of ether oxygens (including phenoxy) is 1. The number of aliphatic hydroxyl groups is 2. The van der Waals surface area contributed by atoms with Crippen molar-refractivity contribution >= 4 is 6.21 Å². The maximum Gasteiger partial charge on any atom is 0.137 e. The molecule has 5 heteroatoms. The molecule has 3 N–H and O–H groups in total. The van der Waals surface area contributed by atoms with E-state index in [1.807, 2.05) is 62.4 Å². The van der Waals surface area contributed by atoms with E-state index in [1.54, 1.807) is 0 Å². The normalized spacial score (nSPS) is 12.7. The lowest BCUT2D eigenvalue weighted by atomic mass is 10.1. The third kappa shape index (κ3) is 9.42. The lowest BCUT2D eigenvalue weighted by Crippen LogP contribution is -2.20. The number of nitrogens with one attached hydrogen (secondary N) is 1. The molecule has 0 aromatic heterocycles. The summed E-state index contributed by atoms with van der Waals surface area (Å²) in [4.78, 5) is 0. The second-order valence-electron chi connectivity index (χ2n) is 6.22. The highest BCUT2D eigenvalue weighted by Crippen LogP contribution is 2.06. The zero-order chi connectivity index (χ0) is 19.4. The second-order valence-corrected chi connectivity index (χ2v) is 6.22. The van der Waals surface area contributed by atoms with Gasteiger partial charge in [0.05, 0.1) is 25.9 Å². The summed E-state index contributed by atoms with van der Waals surface area (Å²) in [6.45, 7) is 4.66. The average molecular weight is 361 g/mol. The maximum absolute atomic E-state index is 12.7. The van der Waals surface area contributed by atoms with Crippen LogP contribution in [-0.4, -0.2) is 35.3 Å². The van der Waals surface area contributed by atoms with Gasteiger partial charge in [0.2, 0.25) is 0 Å². The lowest BCUT2D eigenvalue weighted by Gasteiger charge is -2.11. The molecule has 0 bridgehead atoms. The summed E-state index contributed by atoms with van der Waals surface area (Å²) in [6.07, 6.45) is -1.66. The number of aliphatic hydroxyl groups excluding tert-OH is 2. The number of aryl methyl sites for hydroxylation is 2. The van der Waals surface area contributed by atoms with Gasteiger partial charge in [-0.05, 0) is 25.0 Å². The zero-order valence-electron chi connectivity index (χ0n) is 15.4. The predicted molar refractivity (Wildman–Crippen MR) is 102 cm³/mol. The summed E-state index contributed by atoms with van der Waals surface area (Å²) in [5, 5.41) is 24.7. The standard InChI is InChI=1S/C13H18FNO2.C8H10O/c1-10-2-4-11(5-3-10)8-17-9-13(16)6-12(14)7-15;1-7-2-4-8(6-9)5-3-7/h2-5,7,12-13,15-16H,6,8-9H2,1H3;2-5,9H,6H2,1H3. The molecule has 0 aliphatic heterocycles. The van der Waals surface area contributed by atoms with Crippen LogP contribution in [0.1, 0.15) is 28.7 Å². The molecule has 4 nitrogen and oxygen atoms in total. The van der Waals surface area contributed by atoms with Crippen molar-refractivity contribution in [3.63, 3.8) is 0 Å². The minimum atomic E-state index is -1.40. The van der Waals surface area contributed by atoms with E-state index in [0.717, 1.165) is 11.1 Å². The molecule has 0 radical (unpaired) electrons. The van der Waals surface area contributed by atoms with Crippen molar-refractivity contribution in [2.24, 2.45) is 0 Å². The molecule has 2 unspecified atom stereocenters. The van der Waals surface area contributed by atoms with Gasteiger partial charge in [0, 0.05) is 12.6 Å². The van der Waals surface area contributed by atoms with Gasteiger partial charge in [-0.3, -0.25) is 0 Å². The van der Waals surface area contributed by atoms with Gasteiger partial charge in [-0.2, -0.15) is 0 Å². The summed E-state index contributed by atoms with van der Waals surface area (Å²) in [5.74, 6) is 0. The monoisotopic (exact) mass is 361 g/mol. The Kier molecular flexibility index (Phi) is 10.4. The Hall–Kier alpha value is -2.08. The van der Waals surface area contributed by atoms with Crippen molar-refractivity contribution in [2.45, 2.75) is 45.8 Å². The fourth-order valence-corrected chi connectivity index (χ4v) is 2.09. The van der Waals surface area contributed by atoms with E-state index in [2.05, 4.69) is 0 Å². The van der Waals surface area contributed by atoms with Gasteiger partial charge >= 0.3 is 0 Å². The van der Waals surface area contributed by atoms with Gasteiger partial charge in [-0.25, -0.2) is 4.39 Å². The van der Waals surface area contributed by atoms with E-state index in [9.17, 15) is 9.50 Å². The van der Waals surface area contributed by atoms with Crippen LogP contribution in [0.5, 0.6) is 0 Å². The molecule has 0 saturated heterocycles. The molecule has 2 rings (SSSR count). The smallest absolute Gasteiger partial charge is 0.137 e. The molecule has 0 heterocycles. The Bertz CT molecular complexity index is 629. The first-order chi connectivity index (χ1) is 12.4.